The third-order valence-electron chi connectivity index (χ3n) is 2.92. The van der Waals surface area contributed by atoms with Crippen molar-refractivity contribution in [1.82, 2.24) is 4.98 Å². The molecule has 0 aliphatic heterocycles. The molecule has 0 saturated heterocycles. The number of nitrogens with one attached hydrogen (secondary N) is 1. The Morgan fingerprint density at radius 3 is 2.62 bits per heavy atom. The number of pyridine rings is 1. The van der Waals surface area contributed by atoms with Crippen molar-refractivity contribution < 1.29 is 14.8 Å². The molecule has 0 atom stereocenters. The van der Waals surface area contributed by atoms with Gasteiger partial charge in [-0.05, 0) is 30.2 Å². The van der Waals surface area contributed by atoms with E-state index in [4.69, 9.17) is 5.11 Å². The maximum atomic E-state index is 11.1. The van der Waals surface area contributed by atoms with Gasteiger partial charge in [0.25, 0.3) is 5.69 Å². The van der Waals surface area contributed by atoms with Crippen molar-refractivity contribution in [2.75, 3.05) is 11.9 Å². The molecule has 1 aromatic carbocycles. The first-order chi connectivity index (χ1) is 10.1. The van der Waals surface area contributed by atoms with Crippen LogP contribution in [-0.2, 0) is 6.42 Å². The predicted molar refractivity (Wildman–Crippen MR) is 76.5 cm³/mol. The molecule has 2 aromatic rings. The number of hydrogen-bond acceptors (Lipinski definition) is 5. The zero-order valence-electron chi connectivity index (χ0n) is 11.0. The summed E-state index contributed by atoms with van der Waals surface area (Å²) in [6.07, 6.45) is 4.00. The number of rotatable bonds is 6. The largest absolute Gasteiger partial charge is 0.478 e. The summed E-state index contributed by atoms with van der Waals surface area (Å²) >= 11 is 0. The topological polar surface area (TPSA) is 105 Å². The first-order valence-electron chi connectivity index (χ1n) is 6.22. The summed E-state index contributed by atoms with van der Waals surface area (Å²) in [5.74, 6) is -1.13. The summed E-state index contributed by atoms with van der Waals surface area (Å²) in [5.41, 5.74) is 1.15. The van der Waals surface area contributed by atoms with Crippen molar-refractivity contribution in [3.8, 4) is 0 Å². The Bertz CT molecular complexity index is 659. The van der Waals surface area contributed by atoms with Crippen LogP contribution in [0.4, 0.5) is 11.4 Å². The van der Waals surface area contributed by atoms with E-state index >= 15 is 0 Å². The highest BCUT2D eigenvalue weighted by molar-refractivity contribution is 5.94. The molecular weight excluding hydrogens is 274 g/mol. The molecule has 108 valence electrons. The number of nitro benzene ring substituents is 1. The van der Waals surface area contributed by atoms with E-state index in [2.05, 4.69) is 10.3 Å². The number of nitro groups is 1. The lowest BCUT2D eigenvalue weighted by atomic mass is 10.1. The fraction of sp³-hybridized carbons (Fsp3) is 0.143. The molecule has 7 heteroatoms. The van der Waals surface area contributed by atoms with Crippen LogP contribution in [0.1, 0.15) is 15.9 Å². The highest BCUT2D eigenvalue weighted by Crippen LogP contribution is 2.22. The molecule has 0 bridgehead atoms. The predicted octanol–water partition coefficient (Wildman–Crippen LogP) is 2.34. The van der Waals surface area contributed by atoms with Crippen LogP contribution in [0, 0.1) is 10.1 Å². The third kappa shape index (κ3) is 3.75. The smallest absolute Gasteiger partial charge is 0.337 e. The summed E-state index contributed by atoms with van der Waals surface area (Å²) in [5, 5.41) is 22.8. The van der Waals surface area contributed by atoms with Gasteiger partial charge in [0.15, 0.2) is 0 Å². The summed E-state index contributed by atoms with van der Waals surface area (Å²) in [7, 11) is 0. The van der Waals surface area contributed by atoms with Crippen molar-refractivity contribution in [1.29, 1.82) is 0 Å². The lowest BCUT2D eigenvalue weighted by Crippen LogP contribution is -2.10. The number of aromatic nitrogens is 1. The summed E-state index contributed by atoms with van der Waals surface area (Å²) < 4.78 is 0. The highest BCUT2D eigenvalue weighted by atomic mass is 16.6. The van der Waals surface area contributed by atoms with Gasteiger partial charge in [0.05, 0.1) is 16.2 Å². The lowest BCUT2D eigenvalue weighted by molar-refractivity contribution is -0.384. The van der Waals surface area contributed by atoms with Crippen molar-refractivity contribution in [2.24, 2.45) is 0 Å². The molecule has 0 amide bonds. The Morgan fingerprint density at radius 2 is 2.00 bits per heavy atom. The maximum Gasteiger partial charge on any atom is 0.337 e. The van der Waals surface area contributed by atoms with Crippen molar-refractivity contribution in [3.05, 3.63) is 64.0 Å². The number of anilines is 1. The Kier molecular flexibility index (Phi) is 4.45. The van der Waals surface area contributed by atoms with E-state index in [0.717, 1.165) is 5.56 Å². The number of carboxylic acids is 1. The first-order valence-corrected chi connectivity index (χ1v) is 6.22. The van der Waals surface area contributed by atoms with Gasteiger partial charge in [0.2, 0.25) is 0 Å². The molecule has 0 aliphatic rings. The first kappa shape index (κ1) is 14.4. The molecule has 0 radical (unpaired) electrons. The molecule has 2 N–H and O–H groups in total. The maximum absolute atomic E-state index is 11.1. The zero-order chi connectivity index (χ0) is 15.2. The average molecular weight is 287 g/mol. The van der Waals surface area contributed by atoms with Gasteiger partial charge >= 0.3 is 5.97 Å². The molecule has 1 aromatic heterocycles. The zero-order valence-corrected chi connectivity index (χ0v) is 11.0. The molecule has 0 saturated carbocycles. The van der Waals surface area contributed by atoms with Crippen LogP contribution in [0.3, 0.4) is 0 Å². The fourth-order valence-corrected chi connectivity index (χ4v) is 1.87. The van der Waals surface area contributed by atoms with Crippen LogP contribution in [0.15, 0.2) is 42.7 Å². The van der Waals surface area contributed by atoms with Crippen molar-refractivity contribution in [2.45, 2.75) is 6.42 Å². The van der Waals surface area contributed by atoms with E-state index in [1.54, 1.807) is 12.4 Å². The SMILES string of the molecule is O=C(O)c1ccc([N+](=O)[O-])cc1NCCc1ccncc1. The number of carboxylic acid groups (broad SMARTS) is 1. The van der Waals surface area contributed by atoms with E-state index in [0.29, 0.717) is 13.0 Å². The molecule has 0 fully saturated rings. The van der Waals surface area contributed by atoms with Crippen LogP contribution < -0.4 is 5.32 Å². The summed E-state index contributed by atoms with van der Waals surface area (Å²) in [6, 6.07) is 7.35. The van der Waals surface area contributed by atoms with E-state index < -0.39 is 10.9 Å². The number of non-ortho nitro benzene ring substituents is 1. The van der Waals surface area contributed by atoms with Crippen molar-refractivity contribution in [3.63, 3.8) is 0 Å². The standard InChI is InChI=1S/C14H13N3O4/c18-14(19)12-2-1-11(17(20)21)9-13(12)16-8-5-10-3-6-15-7-4-10/h1-4,6-7,9,16H,5,8H2,(H,18,19). The van der Waals surface area contributed by atoms with Gasteiger partial charge in [-0.3, -0.25) is 15.1 Å². The van der Waals surface area contributed by atoms with E-state index in [1.807, 2.05) is 12.1 Å². The Balaban J connectivity index is 2.12. The molecular formula is C14H13N3O4. The molecule has 0 aliphatic carbocycles. The van der Waals surface area contributed by atoms with Crippen LogP contribution >= 0.6 is 0 Å². The van der Waals surface area contributed by atoms with Crippen LogP contribution in [0.2, 0.25) is 0 Å². The van der Waals surface area contributed by atoms with Gasteiger partial charge in [0.1, 0.15) is 0 Å². The monoisotopic (exact) mass is 287 g/mol. The second-order valence-corrected chi connectivity index (χ2v) is 4.32. The van der Waals surface area contributed by atoms with Gasteiger partial charge < -0.3 is 10.4 Å². The number of aromatic carboxylic acids is 1. The highest BCUT2D eigenvalue weighted by Gasteiger charge is 2.14. The Morgan fingerprint density at radius 1 is 1.29 bits per heavy atom. The van der Waals surface area contributed by atoms with Gasteiger partial charge in [-0.15, -0.1) is 0 Å². The molecule has 0 unspecified atom stereocenters. The minimum absolute atomic E-state index is 0.00956. The lowest BCUT2D eigenvalue weighted by Gasteiger charge is -2.09. The fourth-order valence-electron chi connectivity index (χ4n) is 1.87. The molecule has 0 spiro atoms. The quantitative estimate of drug-likeness (QED) is 0.624. The normalized spacial score (nSPS) is 10.1. The number of nitrogens with zero attached hydrogens (tertiary/aromatic N) is 2. The van der Waals surface area contributed by atoms with Gasteiger partial charge in [-0.2, -0.15) is 0 Å². The minimum atomic E-state index is -1.13. The van der Waals surface area contributed by atoms with Crippen LogP contribution in [-0.4, -0.2) is 27.5 Å². The number of hydrogen-bond donors (Lipinski definition) is 2. The van der Waals surface area contributed by atoms with Crippen LogP contribution in [0.5, 0.6) is 0 Å². The molecule has 1 heterocycles. The molecule has 21 heavy (non-hydrogen) atoms. The van der Waals surface area contributed by atoms with E-state index in [-0.39, 0.29) is 16.9 Å². The summed E-state index contributed by atoms with van der Waals surface area (Å²) in [4.78, 5) is 25.2. The van der Waals surface area contributed by atoms with E-state index in [1.165, 1.54) is 18.2 Å². The Labute approximate surface area is 120 Å². The second kappa shape index (κ2) is 6.47. The third-order valence-corrected chi connectivity index (χ3v) is 2.92. The van der Waals surface area contributed by atoms with Gasteiger partial charge in [-0.25, -0.2) is 4.79 Å². The van der Waals surface area contributed by atoms with E-state index in [9.17, 15) is 14.9 Å². The second-order valence-electron chi connectivity index (χ2n) is 4.32. The molecule has 7 nitrogen and oxygen atoms in total. The van der Waals surface area contributed by atoms with Crippen LogP contribution in [0.25, 0.3) is 0 Å². The molecule has 2 rings (SSSR count). The van der Waals surface area contributed by atoms with Crippen molar-refractivity contribution >= 4 is 17.3 Å². The Hall–Kier alpha value is -2.96. The number of benzene rings is 1. The number of carbonyl (C=O) groups is 1. The minimum Gasteiger partial charge on any atom is -0.478 e. The summed E-state index contributed by atoms with van der Waals surface area (Å²) in [6.45, 7) is 0.464. The van der Waals surface area contributed by atoms with Gasteiger partial charge in [0, 0.05) is 31.1 Å². The average Bonchev–Trinajstić information content (AvgIpc) is 2.48. The van der Waals surface area contributed by atoms with Gasteiger partial charge in [-0.1, -0.05) is 0 Å².